The average Bonchev–Trinajstić information content (AvgIpc) is 3.02. The molecule has 0 unspecified atom stereocenters. The van der Waals surface area contributed by atoms with Gasteiger partial charge in [-0.1, -0.05) is 19.3 Å². The van der Waals surface area contributed by atoms with Crippen LogP contribution in [0.3, 0.4) is 0 Å². The van der Waals surface area contributed by atoms with Crippen molar-refractivity contribution < 1.29 is 30.0 Å². The van der Waals surface area contributed by atoms with Gasteiger partial charge >= 0.3 is 6.18 Å². The predicted molar refractivity (Wildman–Crippen MR) is 125 cm³/mol. The molecule has 2 aromatic heterocycles. The third kappa shape index (κ3) is 6.43. The zero-order chi connectivity index (χ0) is 26.4. The molecule has 1 saturated carbocycles. The first kappa shape index (κ1) is 27.6. The molecular formula is C22H31F3N4O4S2. The summed E-state index contributed by atoms with van der Waals surface area (Å²) < 4.78 is 95.6. The number of nitrogens with two attached hydrogens (primary N) is 1. The summed E-state index contributed by atoms with van der Waals surface area (Å²) in [6.45, 7) is 6.46. The first-order valence-electron chi connectivity index (χ1n) is 11.2. The molecule has 2 aromatic rings. The van der Waals surface area contributed by atoms with E-state index in [2.05, 4.69) is 9.71 Å². The van der Waals surface area contributed by atoms with Crippen LogP contribution in [-0.4, -0.2) is 31.9 Å². The summed E-state index contributed by atoms with van der Waals surface area (Å²) in [4.78, 5) is 3.51. The van der Waals surface area contributed by atoms with Crippen molar-refractivity contribution in [2.24, 2.45) is 11.1 Å². The van der Waals surface area contributed by atoms with E-state index in [4.69, 9.17) is 5.14 Å². The molecule has 2 heterocycles. The zero-order valence-electron chi connectivity index (χ0n) is 20.1. The van der Waals surface area contributed by atoms with Crippen molar-refractivity contribution in [1.29, 1.82) is 0 Å². The highest BCUT2D eigenvalue weighted by Gasteiger charge is 2.40. The third-order valence-corrected chi connectivity index (χ3v) is 8.68. The second-order valence-electron chi connectivity index (χ2n) is 10.1. The van der Waals surface area contributed by atoms with Crippen molar-refractivity contribution >= 4 is 20.0 Å². The Bertz CT molecular complexity index is 1310. The van der Waals surface area contributed by atoms with Crippen LogP contribution >= 0.6 is 0 Å². The molecule has 1 aliphatic carbocycles. The number of halogens is 3. The van der Waals surface area contributed by atoms with Gasteiger partial charge in [-0.25, -0.2) is 31.7 Å². The number of pyridine rings is 1. The largest absolute Gasteiger partial charge is 0.419 e. The molecule has 3 N–H and O–H groups in total. The lowest BCUT2D eigenvalue weighted by Gasteiger charge is -2.24. The van der Waals surface area contributed by atoms with Crippen molar-refractivity contribution in [3.63, 3.8) is 0 Å². The standard InChI is InChI=1S/C22H31F3N4O4S2/c1-14-19(34(26,30)31)11-18(29(14)13-15-8-6-5-7-9-15)16-10-17(22(23,24)25)20(27-12-16)35(32,33)28-21(2,3)4/h10-12,15,28H,5-9,13H2,1-4H3,(H2,26,30,31). The van der Waals surface area contributed by atoms with E-state index in [0.717, 1.165) is 38.3 Å². The van der Waals surface area contributed by atoms with Crippen molar-refractivity contribution in [1.82, 2.24) is 14.3 Å². The Morgan fingerprint density at radius 2 is 1.69 bits per heavy atom. The Morgan fingerprint density at radius 1 is 1.09 bits per heavy atom. The van der Waals surface area contributed by atoms with Gasteiger partial charge in [-0.15, -0.1) is 0 Å². The predicted octanol–water partition coefficient (Wildman–Crippen LogP) is 4.18. The molecule has 13 heteroatoms. The number of nitrogens with one attached hydrogen (secondary N) is 1. The number of sulfonamides is 2. The molecule has 35 heavy (non-hydrogen) atoms. The van der Waals surface area contributed by atoms with Gasteiger partial charge in [-0.2, -0.15) is 13.2 Å². The summed E-state index contributed by atoms with van der Waals surface area (Å²) in [6.07, 6.45) is 0.987. The van der Waals surface area contributed by atoms with Crippen molar-refractivity contribution in [3.8, 4) is 11.3 Å². The van der Waals surface area contributed by atoms with E-state index in [1.165, 1.54) is 26.8 Å². The molecule has 0 aromatic carbocycles. The molecule has 0 radical (unpaired) electrons. The smallest absolute Gasteiger partial charge is 0.343 e. The van der Waals surface area contributed by atoms with E-state index in [1.807, 2.05) is 0 Å². The minimum Gasteiger partial charge on any atom is -0.343 e. The van der Waals surface area contributed by atoms with Gasteiger partial charge in [0.2, 0.25) is 10.0 Å². The molecule has 0 amide bonds. The van der Waals surface area contributed by atoms with Crippen LogP contribution in [0, 0.1) is 12.8 Å². The maximum Gasteiger partial charge on any atom is 0.419 e. The lowest BCUT2D eigenvalue weighted by atomic mass is 9.89. The topological polar surface area (TPSA) is 124 Å². The number of aromatic nitrogens is 2. The summed E-state index contributed by atoms with van der Waals surface area (Å²) in [5, 5.41) is 4.22. The minimum atomic E-state index is -5.02. The van der Waals surface area contributed by atoms with Gasteiger partial charge < -0.3 is 4.57 Å². The van der Waals surface area contributed by atoms with E-state index >= 15 is 0 Å². The van der Waals surface area contributed by atoms with Crippen molar-refractivity contribution in [3.05, 3.63) is 29.6 Å². The van der Waals surface area contributed by atoms with Gasteiger partial charge in [0.25, 0.3) is 10.0 Å². The Hall–Kier alpha value is -1.96. The van der Waals surface area contributed by atoms with Crippen LogP contribution in [0.5, 0.6) is 0 Å². The number of rotatable bonds is 6. The SMILES string of the molecule is Cc1c(S(N)(=O)=O)cc(-c2cnc(S(=O)(=O)NC(C)(C)C)c(C(F)(F)F)c2)n1CC1CCCCC1. The highest BCUT2D eigenvalue weighted by molar-refractivity contribution is 7.89. The molecule has 1 fully saturated rings. The monoisotopic (exact) mass is 536 g/mol. The van der Waals surface area contributed by atoms with Crippen LogP contribution in [0.15, 0.2) is 28.3 Å². The number of hydrogen-bond acceptors (Lipinski definition) is 5. The highest BCUT2D eigenvalue weighted by atomic mass is 32.2. The summed E-state index contributed by atoms with van der Waals surface area (Å²) in [5.74, 6) is 0.229. The minimum absolute atomic E-state index is 0.0548. The van der Waals surface area contributed by atoms with Crippen LogP contribution in [0.1, 0.15) is 64.1 Å². The molecule has 1 aliphatic rings. The second-order valence-corrected chi connectivity index (χ2v) is 13.2. The molecule has 0 spiro atoms. The Balaban J connectivity index is 2.20. The number of nitrogens with zero attached hydrogens (tertiary/aromatic N) is 2. The fourth-order valence-corrected chi connectivity index (χ4v) is 6.83. The lowest BCUT2D eigenvalue weighted by Crippen LogP contribution is -2.41. The third-order valence-electron chi connectivity index (χ3n) is 5.94. The number of alkyl halides is 3. The van der Waals surface area contributed by atoms with Gasteiger partial charge in [-0.05, 0) is 58.6 Å². The Labute approximate surface area is 204 Å². The molecule has 196 valence electrons. The van der Waals surface area contributed by atoms with Crippen molar-refractivity contribution in [2.75, 3.05) is 0 Å². The summed E-state index contributed by atoms with van der Waals surface area (Å²) in [7, 11) is -8.74. The molecule has 0 aliphatic heterocycles. The van der Waals surface area contributed by atoms with E-state index in [1.54, 1.807) is 11.5 Å². The maximum atomic E-state index is 14.0. The van der Waals surface area contributed by atoms with Gasteiger partial charge in [0.05, 0.1) is 11.3 Å². The van der Waals surface area contributed by atoms with E-state index in [-0.39, 0.29) is 22.1 Å². The average molecular weight is 537 g/mol. The lowest BCUT2D eigenvalue weighted by molar-refractivity contribution is -0.140. The quantitative estimate of drug-likeness (QED) is 0.573. The molecule has 0 atom stereocenters. The zero-order valence-corrected chi connectivity index (χ0v) is 21.7. The normalized spacial score (nSPS) is 16.6. The van der Waals surface area contributed by atoms with Crippen molar-refractivity contribution in [2.45, 2.75) is 88.0 Å². The number of hydrogen-bond donors (Lipinski definition) is 2. The maximum absolute atomic E-state index is 14.0. The van der Waals surface area contributed by atoms with Gasteiger partial charge in [0.15, 0.2) is 5.03 Å². The molecule has 3 rings (SSSR count). The number of primary sulfonamides is 1. The van der Waals surface area contributed by atoms with Gasteiger partial charge in [0.1, 0.15) is 4.90 Å². The fraction of sp³-hybridized carbons (Fsp3) is 0.591. The van der Waals surface area contributed by atoms with Crippen LogP contribution in [-0.2, 0) is 32.8 Å². The Kier molecular flexibility index (Phi) is 7.49. The fourth-order valence-electron chi connectivity index (χ4n) is 4.47. The summed E-state index contributed by atoms with van der Waals surface area (Å²) >= 11 is 0. The highest BCUT2D eigenvalue weighted by Crippen LogP contribution is 2.38. The summed E-state index contributed by atoms with van der Waals surface area (Å²) in [5.41, 5.74) is -2.03. The van der Waals surface area contributed by atoms with E-state index in [0.29, 0.717) is 18.3 Å². The first-order valence-corrected chi connectivity index (χ1v) is 14.3. The molecular weight excluding hydrogens is 505 g/mol. The second kappa shape index (κ2) is 9.49. The van der Waals surface area contributed by atoms with Crippen LogP contribution < -0.4 is 9.86 Å². The van der Waals surface area contributed by atoms with Crippen LogP contribution in [0.2, 0.25) is 0 Å². The molecule has 0 saturated heterocycles. The van der Waals surface area contributed by atoms with Crippen LogP contribution in [0.25, 0.3) is 11.3 Å². The molecule has 8 nitrogen and oxygen atoms in total. The van der Waals surface area contributed by atoms with Crippen LogP contribution in [0.4, 0.5) is 13.2 Å². The van der Waals surface area contributed by atoms with Gasteiger partial charge in [-0.3, -0.25) is 0 Å². The van der Waals surface area contributed by atoms with E-state index in [9.17, 15) is 30.0 Å². The summed E-state index contributed by atoms with van der Waals surface area (Å²) in [6, 6.07) is 1.93. The van der Waals surface area contributed by atoms with Gasteiger partial charge in [0, 0.05) is 29.5 Å². The van der Waals surface area contributed by atoms with E-state index < -0.39 is 42.4 Å². The molecule has 0 bridgehead atoms. The Morgan fingerprint density at radius 3 is 2.20 bits per heavy atom. The first-order chi connectivity index (χ1) is 15.9.